The molecule has 2 fully saturated rings. The van der Waals surface area contributed by atoms with Gasteiger partial charge in [-0.15, -0.1) is 0 Å². The molecule has 0 saturated carbocycles. The van der Waals surface area contributed by atoms with Crippen LogP contribution in [-0.4, -0.2) is 102 Å². The monoisotopic (exact) mass is 788 g/mol. The second kappa shape index (κ2) is 16.0. The summed E-state index contributed by atoms with van der Waals surface area (Å²) in [6, 6.07) is 13.8. The molecule has 14 heteroatoms. The molecule has 2 saturated heterocycles. The fourth-order valence-electron chi connectivity index (χ4n) is 8.74. The van der Waals surface area contributed by atoms with Gasteiger partial charge in [0.15, 0.2) is 0 Å². The van der Waals surface area contributed by atoms with E-state index in [1.807, 2.05) is 95.0 Å². The number of likely N-dealkylation sites (tertiary alicyclic amines) is 2. The second-order valence-corrected chi connectivity index (χ2v) is 16.4. The Balaban J connectivity index is 1.11. The third-order valence-corrected chi connectivity index (χ3v) is 11.8. The van der Waals surface area contributed by atoms with Crippen molar-refractivity contribution in [3.05, 3.63) is 71.3 Å². The molecule has 7 rings (SSSR count). The number of aromatic amines is 2. The van der Waals surface area contributed by atoms with Crippen LogP contribution in [0.4, 0.5) is 9.59 Å². The van der Waals surface area contributed by atoms with E-state index in [9.17, 15) is 24.3 Å². The average Bonchev–Trinajstić information content (AvgIpc) is 3.99. The quantitative estimate of drug-likeness (QED) is 0.120. The lowest BCUT2D eigenvalue weighted by Gasteiger charge is -2.36. The molecular formula is C44H52N8O6. The van der Waals surface area contributed by atoms with Crippen LogP contribution in [0.15, 0.2) is 48.5 Å². The van der Waals surface area contributed by atoms with Gasteiger partial charge in [0.2, 0.25) is 11.8 Å². The number of imidazole rings is 2. The van der Waals surface area contributed by atoms with Crippen LogP contribution >= 0.6 is 0 Å². The van der Waals surface area contributed by atoms with Gasteiger partial charge in [-0.1, -0.05) is 51.7 Å². The maximum absolute atomic E-state index is 13.9. The minimum Gasteiger partial charge on any atom is -0.465 e. The van der Waals surface area contributed by atoms with Crippen LogP contribution in [0.25, 0.3) is 32.8 Å². The smallest absolute Gasteiger partial charge is 0.407 e. The SMILES string of the molecule is COC(=O)N[C@H](C(=O)N1[C@@H](C)CC[C@H]1c1nc2c(ccc3cc(C#Cc4ccc5nc([C@@H]6CC[C@H](C)N6C(=O)[C@H](C(C)C)N(C)C(=O)O)[nH]c5c4)ccc32)[nH]1)C(C)C. The average molecular weight is 789 g/mol. The number of carbonyl (C=O) groups is 4. The van der Waals surface area contributed by atoms with E-state index in [0.29, 0.717) is 11.6 Å². The molecule has 2 aliphatic rings. The van der Waals surface area contributed by atoms with Crippen LogP contribution in [0.5, 0.6) is 0 Å². The predicted octanol–water partition coefficient (Wildman–Crippen LogP) is 7.11. The molecule has 0 radical (unpaired) electrons. The van der Waals surface area contributed by atoms with Crippen molar-refractivity contribution >= 4 is 56.8 Å². The highest BCUT2D eigenvalue weighted by molar-refractivity contribution is 6.04. The lowest BCUT2D eigenvalue weighted by atomic mass is 10.0. The number of H-pyrrole nitrogens is 2. The number of alkyl carbamates (subject to hydrolysis) is 1. The van der Waals surface area contributed by atoms with Crippen molar-refractivity contribution in [3.63, 3.8) is 0 Å². The molecule has 6 atom stereocenters. The Labute approximate surface area is 337 Å². The third-order valence-electron chi connectivity index (χ3n) is 11.8. The number of likely N-dealkylation sites (N-methyl/N-ethyl adjacent to an activating group) is 1. The first kappa shape index (κ1) is 40.1. The normalized spacial score (nSPS) is 20.4. The van der Waals surface area contributed by atoms with Crippen molar-refractivity contribution in [2.75, 3.05) is 14.2 Å². The number of hydrogen-bond donors (Lipinski definition) is 4. The standard InChI is InChI=1S/C44H52N8O6/c1-23(2)36(49-43(55)58-8)41(53)51-25(5)9-20-35(51)40-46-32-18-15-29-21-27(13-16-30(29)37(32)48-40)11-12-28-14-17-31-33(22-28)47-39(45-31)34-19-10-26(6)52(34)42(54)38(24(3)4)50(7)44(56)57/h13-18,21-26,34-36,38H,9-10,19-20H2,1-8H3,(H,45,47)(H,46,48)(H,49,55)(H,56,57)/t25-,26-,34-,35-,36-,38-/m0/s1. The molecule has 0 bridgehead atoms. The number of rotatable bonds is 8. The Kier molecular flexibility index (Phi) is 11.1. The van der Waals surface area contributed by atoms with Crippen molar-refractivity contribution in [1.82, 2.24) is 40.0 Å². The van der Waals surface area contributed by atoms with E-state index in [2.05, 4.69) is 27.1 Å². The van der Waals surface area contributed by atoms with Crippen molar-refractivity contribution in [2.45, 2.75) is 103 Å². The van der Waals surface area contributed by atoms with Gasteiger partial charge in [0.05, 0.1) is 41.3 Å². The number of carbonyl (C=O) groups excluding carboxylic acids is 3. The molecule has 304 valence electrons. The number of fused-ring (bicyclic) bond motifs is 4. The summed E-state index contributed by atoms with van der Waals surface area (Å²) in [7, 11) is 2.74. The molecule has 0 aliphatic carbocycles. The van der Waals surface area contributed by atoms with Gasteiger partial charge in [0.25, 0.3) is 0 Å². The van der Waals surface area contributed by atoms with Gasteiger partial charge in [-0.25, -0.2) is 19.6 Å². The summed E-state index contributed by atoms with van der Waals surface area (Å²) in [6.45, 7) is 11.6. The topological polar surface area (TPSA) is 177 Å². The van der Waals surface area contributed by atoms with Crippen LogP contribution in [0.3, 0.4) is 0 Å². The summed E-state index contributed by atoms with van der Waals surface area (Å²) < 4.78 is 4.80. The molecule has 0 spiro atoms. The molecule has 2 aliphatic heterocycles. The van der Waals surface area contributed by atoms with Crippen LogP contribution in [0.2, 0.25) is 0 Å². The van der Waals surface area contributed by atoms with Gasteiger partial charge in [0, 0.05) is 35.6 Å². The molecule has 3 aromatic carbocycles. The first-order valence-corrected chi connectivity index (χ1v) is 20.0. The Morgan fingerprint density at radius 1 is 0.810 bits per heavy atom. The predicted molar refractivity (Wildman–Crippen MR) is 221 cm³/mol. The Morgan fingerprint density at radius 2 is 1.41 bits per heavy atom. The Hall–Kier alpha value is -6.10. The maximum Gasteiger partial charge on any atom is 0.407 e. The van der Waals surface area contributed by atoms with Crippen molar-refractivity contribution in [2.24, 2.45) is 11.8 Å². The number of nitrogens with one attached hydrogen (secondary N) is 3. The third kappa shape index (κ3) is 7.53. The maximum atomic E-state index is 13.9. The number of hydrogen-bond acceptors (Lipinski definition) is 7. The largest absolute Gasteiger partial charge is 0.465 e. The van der Waals surface area contributed by atoms with E-state index in [1.54, 1.807) is 4.90 Å². The van der Waals surface area contributed by atoms with Crippen molar-refractivity contribution in [3.8, 4) is 11.8 Å². The lowest BCUT2D eigenvalue weighted by Crippen LogP contribution is -2.53. The minimum absolute atomic E-state index is 0.0190. The molecule has 2 aromatic heterocycles. The van der Waals surface area contributed by atoms with Crippen LogP contribution in [0.1, 0.15) is 102 Å². The van der Waals surface area contributed by atoms with Gasteiger partial charge >= 0.3 is 12.2 Å². The summed E-state index contributed by atoms with van der Waals surface area (Å²) in [4.78, 5) is 73.2. The number of aromatic nitrogens is 4. The van der Waals surface area contributed by atoms with E-state index >= 15 is 0 Å². The molecule has 0 unspecified atom stereocenters. The zero-order valence-corrected chi connectivity index (χ0v) is 34.3. The van der Waals surface area contributed by atoms with Crippen molar-refractivity contribution in [1.29, 1.82) is 0 Å². The Bertz CT molecular complexity index is 2460. The minimum atomic E-state index is -1.13. The second-order valence-electron chi connectivity index (χ2n) is 16.4. The molecule has 14 nitrogen and oxygen atoms in total. The number of ether oxygens (including phenoxy) is 1. The van der Waals surface area contributed by atoms with Crippen LogP contribution in [0, 0.1) is 23.7 Å². The van der Waals surface area contributed by atoms with Gasteiger partial charge in [0.1, 0.15) is 23.7 Å². The van der Waals surface area contributed by atoms with Crippen LogP contribution < -0.4 is 5.32 Å². The fraction of sp³-hybridized carbons (Fsp3) is 0.455. The van der Waals surface area contributed by atoms with Crippen LogP contribution in [-0.2, 0) is 14.3 Å². The number of amides is 4. The van der Waals surface area contributed by atoms with E-state index in [-0.39, 0.29) is 47.8 Å². The summed E-state index contributed by atoms with van der Waals surface area (Å²) >= 11 is 0. The first-order chi connectivity index (χ1) is 27.7. The van der Waals surface area contributed by atoms with Gasteiger partial charge in [-0.05, 0) is 93.2 Å². The molecule has 58 heavy (non-hydrogen) atoms. The molecule has 4 heterocycles. The number of nitrogens with zero attached hydrogens (tertiary/aromatic N) is 5. The summed E-state index contributed by atoms with van der Waals surface area (Å²) in [5.74, 6) is 7.31. The van der Waals surface area contributed by atoms with Gasteiger partial charge < -0.3 is 34.9 Å². The summed E-state index contributed by atoms with van der Waals surface area (Å²) in [5.41, 5.74) is 4.91. The highest BCUT2D eigenvalue weighted by Gasteiger charge is 2.43. The van der Waals surface area contributed by atoms with Gasteiger partial charge in [-0.3, -0.25) is 14.5 Å². The first-order valence-electron chi connectivity index (χ1n) is 20.0. The van der Waals surface area contributed by atoms with E-state index in [1.165, 1.54) is 14.2 Å². The number of carboxylic acid groups (broad SMARTS) is 1. The van der Waals surface area contributed by atoms with Crippen molar-refractivity contribution < 1.29 is 29.0 Å². The fourth-order valence-corrected chi connectivity index (χ4v) is 8.74. The summed E-state index contributed by atoms with van der Waals surface area (Å²) in [5, 5.41) is 14.4. The summed E-state index contributed by atoms with van der Waals surface area (Å²) in [6.07, 6.45) is 1.32. The Morgan fingerprint density at radius 3 is 2.03 bits per heavy atom. The molecule has 4 N–H and O–H groups in total. The molecule has 5 aromatic rings. The number of benzene rings is 3. The lowest BCUT2D eigenvalue weighted by molar-refractivity contribution is -0.140. The zero-order chi connectivity index (χ0) is 41.6. The highest BCUT2D eigenvalue weighted by atomic mass is 16.5. The van der Waals surface area contributed by atoms with E-state index < -0.39 is 24.3 Å². The van der Waals surface area contributed by atoms with Gasteiger partial charge in [-0.2, -0.15) is 0 Å². The molecular weight excluding hydrogens is 737 g/mol. The highest BCUT2D eigenvalue weighted by Crippen LogP contribution is 2.39. The molecule has 4 amide bonds. The zero-order valence-electron chi connectivity index (χ0n) is 34.3. The number of methoxy groups -OCH3 is 1. The van der Waals surface area contributed by atoms with E-state index in [0.717, 1.165) is 74.5 Å². The van der Waals surface area contributed by atoms with E-state index in [4.69, 9.17) is 14.7 Å².